The van der Waals surface area contributed by atoms with Gasteiger partial charge >= 0.3 is 0 Å². The third-order valence-electron chi connectivity index (χ3n) is 3.86. The lowest BCUT2D eigenvalue weighted by Gasteiger charge is -2.06. The number of anilines is 1. The first kappa shape index (κ1) is 18.7. The Hall–Kier alpha value is -2.08. The van der Waals surface area contributed by atoms with Gasteiger partial charge in [-0.05, 0) is 55.8 Å². The third kappa shape index (κ3) is 3.85. The van der Waals surface area contributed by atoms with E-state index in [-0.39, 0.29) is 5.91 Å². The molecule has 0 saturated carbocycles. The first-order valence-electron chi connectivity index (χ1n) is 7.78. The average molecular weight is 407 g/mol. The highest BCUT2D eigenvalue weighted by Crippen LogP contribution is 2.33. The van der Waals surface area contributed by atoms with Crippen molar-refractivity contribution < 1.29 is 9.53 Å². The molecular weight excluding hydrogens is 391 g/mol. The fourth-order valence-electron chi connectivity index (χ4n) is 2.58. The van der Waals surface area contributed by atoms with E-state index in [1.165, 1.54) is 17.4 Å². The summed E-state index contributed by atoms with van der Waals surface area (Å²) in [6, 6.07) is 10.6. The van der Waals surface area contributed by atoms with Gasteiger partial charge in [-0.25, -0.2) is 4.98 Å². The van der Waals surface area contributed by atoms with E-state index in [0.717, 1.165) is 27.4 Å². The molecule has 26 heavy (non-hydrogen) atoms. The molecule has 0 radical (unpaired) electrons. The van der Waals surface area contributed by atoms with Crippen LogP contribution < -0.4 is 10.1 Å². The summed E-state index contributed by atoms with van der Waals surface area (Å²) in [6.07, 6.45) is 0. The highest BCUT2D eigenvalue weighted by atomic mass is 35.5. The molecule has 0 spiro atoms. The third-order valence-corrected chi connectivity index (χ3v) is 5.30. The molecule has 1 amide bonds. The molecule has 0 aliphatic heterocycles. The smallest absolute Gasteiger partial charge is 0.258 e. The first-order valence-corrected chi connectivity index (χ1v) is 9.35. The van der Waals surface area contributed by atoms with Crippen LogP contribution >= 0.6 is 34.5 Å². The molecule has 0 saturated heterocycles. The molecule has 134 valence electrons. The molecule has 2 aromatic carbocycles. The minimum Gasteiger partial charge on any atom is -0.496 e. The Kier molecular flexibility index (Phi) is 5.51. The molecule has 0 aliphatic carbocycles. The van der Waals surface area contributed by atoms with E-state index in [0.29, 0.717) is 20.7 Å². The van der Waals surface area contributed by atoms with Crippen molar-refractivity contribution in [2.75, 3.05) is 12.4 Å². The zero-order chi connectivity index (χ0) is 18.8. The second-order valence-electron chi connectivity index (χ2n) is 5.69. The Morgan fingerprint density at radius 2 is 1.92 bits per heavy atom. The number of methoxy groups -OCH3 is 1. The maximum absolute atomic E-state index is 12.5. The second kappa shape index (κ2) is 7.66. The quantitative estimate of drug-likeness (QED) is 0.578. The van der Waals surface area contributed by atoms with Crippen LogP contribution in [0, 0.1) is 13.8 Å². The summed E-state index contributed by atoms with van der Waals surface area (Å²) >= 11 is 13.4. The van der Waals surface area contributed by atoms with Crippen molar-refractivity contribution in [1.82, 2.24) is 4.98 Å². The van der Waals surface area contributed by atoms with Gasteiger partial charge in [-0.2, -0.15) is 0 Å². The van der Waals surface area contributed by atoms with E-state index < -0.39 is 0 Å². The average Bonchev–Trinajstić information content (AvgIpc) is 2.94. The maximum atomic E-state index is 12.5. The Morgan fingerprint density at radius 1 is 1.15 bits per heavy atom. The number of benzene rings is 2. The number of carbonyl (C=O) groups is 1. The SMILES string of the molecule is COc1ccc(-c2nc(NC(=O)c3ccc(Cl)cc3Cl)sc2C)cc1C. The molecule has 0 fully saturated rings. The van der Waals surface area contributed by atoms with Crippen LogP contribution in [0.3, 0.4) is 0 Å². The molecule has 1 aromatic heterocycles. The van der Waals surface area contributed by atoms with Crippen LogP contribution in [-0.2, 0) is 0 Å². The van der Waals surface area contributed by atoms with Gasteiger partial charge in [0.25, 0.3) is 5.91 Å². The van der Waals surface area contributed by atoms with Crippen molar-refractivity contribution in [3.8, 4) is 17.0 Å². The van der Waals surface area contributed by atoms with Gasteiger partial charge in [0, 0.05) is 15.5 Å². The number of hydrogen-bond acceptors (Lipinski definition) is 4. The molecule has 1 heterocycles. The molecule has 0 atom stereocenters. The number of amides is 1. The van der Waals surface area contributed by atoms with Gasteiger partial charge in [-0.1, -0.05) is 23.2 Å². The van der Waals surface area contributed by atoms with Gasteiger partial charge < -0.3 is 4.74 Å². The fraction of sp³-hybridized carbons (Fsp3) is 0.158. The minimum atomic E-state index is -0.321. The van der Waals surface area contributed by atoms with Gasteiger partial charge in [0.15, 0.2) is 5.13 Å². The summed E-state index contributed by atoms with van der Waals surface area (Å²) in [5.74, 6) is 0.505. The van der Waals surface area contributed by atoms with Crippen molar-refractivity contribution in [2.45, 2.75) is 13.8 Å². The van der Waals surface area contributed by atoms with Crippen LogP contribution in [0.5, 0.6) is 5.75 Å². The van der Waals surface area contributed by atoms with E-state index in [1.807, 2.05) is 32.0 Å². The molecular formula is C19H16Cl2N2O2S. The highest BCUT2D eigenvalue weighted by Gasteiger charge is 2.16. The van der Waals surface area contributed by atoms with Crippen molar-refractivity contribution in [2.24, 2.45) is 0 Å². The molecule has 7 heteroatoms. The predicted octanol–water partition coefficient (Wildman–Crippen LogP) is 5.99. The molecule has 0 aliphatic rings. The monoisotopic (exact) mass is 406 g/mol. The van der Waals surface area contributed by atoms with Crippen molar-refractivity contribution in [3.05, 3.63) is 62.4 Å². The maximum Gasteiger partial charge on any atom is 0.258 e. The highest BCUT2D eigenvalue weighted by molar-refractivity contribution is 7.16. The number of halogens is 2. The number of nitrogens with one attached hydrogen (secondary N) is 1. The van der Waals surface area contributed by atoms with Gasteiger partial charge in [0.05, 0.1) is 23.4 Å². The molecule has 3 rings (SSSR count). The van der Waals surface area contributed by atoms with Gasteiger partial charge in [0.2, 0.25) is 0 Å². The number of thiazole rings is 1. The summed E-state index contributed by atoms with van der Waals surface area (Å²) in [5.41, 5.74) is 3.18. The van der Waals surface area contributed by atoms with Gasteiger partial charge in [-0.15, -0.1) is 11.3 Å². The lowest BCUT2D eigenvalue weighted by atomic mass is 10.1. The number of rotatable bonds is 4. The van der Waals surface area contributed by atoms with Crippen LogP contribution in [0.2, 0.25) is 10.0 Å². The second-order valence-corrected chi connectivity index (χ2v) is 7.73. The Balaban J connectivity index is 1.86. The Morgan fingerprint density at radius 3 is 2.58 bits per heavy atom. The summed E-state index contributed by atoms with van der Waals surface area (Å²) in [4.78, 5) is 18.0. The Labute approximate surface area is 165 Å². The summed E-state index contributed by atoms with van der Waals surface area (Å²) in [7, 11) is 1.64. The molecule has 4 nitrogen and oxygen atoms in total. The topological polar surface area (TPSA) is 51.2 Å². The number of nitrogens with zero attached hydrogens (tertiary/aromatic N) is 1. The lowest BCUT2D eigenvalue weighted by molar-refractivity contribution is 0.102. The fourth-order valence-corrected chi connectivity index (χ4v) is 3.91. The first-order chi connectivity index (χ1) is 12.4. The van der Waals surface area contributed by atoms with Crippen LogP contribution in [0.25, 0.3) is 11.3 Å². The number of ether oxygens (including phenoxy) is 1. The largest absolute Gasteiger partial charge is 0.496 e. The number of carbonyl (C=O) groups excluding carboxylic acids is 1. The van der Waals surface area contributed by atoms with E-state index in [2.05, 4.69) is 10.3 Å². The molecule has 0 unspecified atom stereocenters. The van der Waals surface area contributed by atoms with Gasteiger partial charge in [-0.3, -0.25) is 10.1 Å². The minimum absolute atomic E-state index is 0.300. The number of aromatic nitrogens is 1. The van der Waals surface area contributed by atoms with E-state index in [9.17, 15) is 4.79 Å². The molecule has 3 aromatic rings. The standard InChI is InChI=1S/C19H16Cl2N2O2S/c1-10-8-12(4-7-16(10)25-3)17-11(2)26-19(22-17)23-18(24)14-6-5-13(20)9-15(14)21/h4-9H,1-3H3,(H,22,23,24). The van der Waals surface area contributed by atoms with Crippen LogP contribution in [0.4, 0.5) is 5.13 Å². The van der Waals surface area contributed by atoms with E-state index in [1.54, 1.807) is 19.2 Å². The van der Waals surface area contributed by atoms with Gasteiger partial charge in [0.1, 0.15) is 5.75 Å². The summed E-state index contributed by atoms with van der Waals surface area (Å²) in [6.45, 7) is 3.95. The zero-order valence-electron chi connectivity index (χ0n) is 14.4. The van der Waals surface area contributed by atoms with Crippen molar-refractivity contribution in [3.63, 3.8) is 0 Å². The normalized spacial score (nSPS) is 10.7. The number of hydrogen-bond donors (Lipinski definition) is 1. The number of aryl methyl sites for hydroxylation is 2. The van der Waals surface area contributed by atoms with E-state index >= 15 is 0 Å². The van der Waals surface area contributed by atoms with Crippen LogP contribution in [-0.4, -0.2) is 18.0 Å². The molecule has 1 N–H and O–H groups in total. The Bertz CT molecular complexity index is 986. The lowest BCUT2D eigenvalue weighted by Crippen LogP contribution is -2.12. The molecule has 0 bridgehead atoms. The summed E-state index contributed by atoms with van der Waals surface area (Å²) in [5, 5.41) is 4.10. The van der Waals surface area contributed by atoms with Crippen LogP contribution in [0.15, 0.2) is 36.4 Å². The zero-order valence-corrected chi connectivity index (χ0v) is 16.7. The van der Waals surface area contributed by atoms with Crippen LogP contribution in [0.1, 0.15) is 20.8 Å². The van der Waals surface area contributed by atoms with Crippen molar-refractivity contribution in [1.29, 1.82) is 0 Å². The summed E-state index contributed by atoms with van der Waals surface area (Å²) < 4.78 is 5.30. The van der Waals surface area contributed by atoms with Crippen molar-refractivity contribution >= 4 is 45.6 Å². The van der Waals surface area contributed by atoms with E-state index in [4.69, 9.17) is 27.9 Å². The predicted molar refractivity (Wildman–Crippen MR) is 108 cm³/mol.